The van der Waals surface area contributed by atoms with Gasteiger partial charge in [0.1, 0.15) is 11.3 Å². The Kier molecular flexibility index (Phi) is 3.15. The predicted octanol–water partition coefficient (Wildman–Crippen LogP) is 2.84. The van der Waals surface area contributed by atoms with Crippen LogP contribution in [0.25, 0.3) is 11.0 Å². The maximum absolute atomic E-state index is 6.30. The molecular formula is C14H22N4. The van der Waals surface area contributed by atoms with Crippen molar-refractivity contribution in [3.05, 3.63) is 24.3 Å². The fourth-order valence-corrected chi connectivity index (χ4v) is 2.18. The summed E-state index contributed by atoms with van der Waals surface area (Å²) in [5, 5.41) is 0. The second kappa shape index (κ2) is 4.35. The number of hydrogen-bond acceptors (Lipinski definition) is 3. The van der Waals surface area contributed by atoms with Gasteiger partial charge in [-0.05, 0) is 32.8 Å². The quantitative estimate of drug-likeness (QED) is 0.886. The maximum atomic E-state index is 6.30. The second-order valence-electron chi connectivity index (χ2n) is 6.11. The average molecular weight is 246 g/mol. The zero-order valence-electron chi connectivity index (χ0n) is 11.8. The van der Waals surface area contributed by atoms with Gasteiger partial charge in [0.25, 0.3) is 0 Å². The van der Waals surface area contributed by atoms with Crippen LogP contribution in [0, 0.1) is 5.92 Å². The van der Waals surface area contributed by atoms with Gasteiger partial charge in [-0.1, -0.05) is 13.8 Å². The van der Waals surface area contributed by atoms with E-state index in [0.717, 1.165) is 16.9 Å². The normalized spacial score (nSPS) is 14.4. The topological polar surface area (TPSA) is 56.7 Å². The van der Waals surface area contributed by atoms with E-state index < -0.39 is 0 Å². The van der Waals surface area contributed by atoms with Gasteiger partial charge in [0.15, 0.2) is 0 Å². The van der Waals surface area contributed by atoms with Gasteiger partial charge in [0.05, 0.1) is 17.8 Å². The van der Waals surface area contributed by atoms with Gasteiger partial charge < -0.3 is 10.3 Å². The smallest absolute Gasteiger partial charge is 0.127 e. The number of fused-ring (bicyclic) bond motifs is 1. The van der Waals surface area contributed by atoms with Crippen molar-refractivity contribution >= 4 is 11.0 Å². The maximum Gasteiger partial charge on any atom is 0.127 e. The third-order valence-electron chi connectivity index (χ3n) is 3.17. The highest BCUT2D eigenvalue weighted by atomic mass is 15.2. The van der Waals surface area contributed by atoms with Crippen LogP contribution >= 0.6 is 0 Å². The number of imidazole rings is 1. The van der Waals surface area contributed by atoms with Crippen LogP contribution < -0.4 is 5.73 Å². The fraction of sp³-hybridized carbons (Fsp3) is 0.571. The molecule has 0 bridgehead atoms. The Morgan fingerprint density at radius 2 is 1.94 bits per heavy atom. The minimum Gasteiger partial charge on any atom is -0.321 e. The summed E-state index contributed by atoms with van der Waals surface area (Å²) in [6, 6.07) is 1.95. The van der Waals surface area contributed by atoms with Crippen LogP contribution in [0.15, 0.2) is 18.5 Å². The number of nitrogens with two attached hydrogens (primary N) is 1. The molecule has 0 saturated heterocycles. The second-order valence-corrected chi connectivity index (χ2v) is 6.11. The molecule has 0 aliphatic rings. The van der Waals surface area contributed by atoms with Crippen molar-refractivity contribution in [1.82, 2.24) is 14.5 Å². The van der Waals surface area contributed by atoms with Crippen molar-refractivity contribution in [2.45, 2.75) is 46.2 Å². The van der Waals surface area contributed by atoms with E-state index in [2.05, 4.69) is 49.2 Å². The number of pyridine rings is 1. The van der Waals surface area contributed by atoms with Gasteiger partial charge in [-0.25, -0.2) is 4.98 Å². The lowest BCUT2D eigenvalue weighted by Crippen LogP contribution is -2.29. The molecule has 0 aliphatic carbocycles. The minimum absolute atomic E-state index is 0.0437. The molecule has 4 heteroatoms. The van der Waals surface area contributed by atoms with Crippen LogP contribution in [0.3, 0.4) is 0 Å². The van der Waals surface area contributed by atoms with Crippen LogP contribution in [0.4, 0.5) is 0 Å². The predicted molar refractivity (Wildman–Crippen MR) is 74.3 cm³/mol. The van der Waals surface area contributed by atoms with Crippen molar-refractivity contribution in [2.24, 2.45) is 11.7 Å². The van der Waals surface area contributed by atoms with E-state index in [-0.39, 0.29) is 11.6 Å². The van der Waals surface area contributed by atoms with Gasteiger partial charge in [0, 0.05) is 11.7 Å². The fourth-order valence-electron chi connectivity index (χ4n) is 2.18. The highest BCUT2D eigenvalue weighted by molar-refractivity contribution is 5.75. The van der Waals surface area contributed by atoms with Gasteiger partial charge in [0.2, 0.25) is 0 Å². The largest absolute Gasteiger partial charge is 0.321 e. The van der Waals surface area contributed by atoms with Crippen molar-refractivity contribution < 1.29 is 0 Å². The summed E-state index contributed by atoms with van der Waals surface area (Å²) in [6.45, 7) is 10.8. The lowest BCUT2D eigenvalue weighted by molar-refractivity contribution is 0.364. The Balaban J connectivity index is 2.72. The molecule has 0 spiro atoms. The van der Waals surface area contributed by atoms with E-state index in [1.54, 1.807) is 12.4 Å². The van der Waals surface area contributed by atoms with Gasteiger partial charge in [-0.2, -0.15) is 0 Å². The van der Waals surface area contributed by atoms with Crippen molar-refractivity contribution in [3.8, 4) is 0 Å². The monoisotopic (exact) mass is 246 g/mol. The van der Waals surface area contributed by atoms with Crippen LogP contribution in [0.5, 0.6) is 0 Å². The first-order chi connectivity index (χ1) is 8.32. The molecule has 2 aromatic rings. The van der Waals surface area contributed by atoms with Crippen LogP contribution in [0.1, 0.15) is 46.5 Å². The van der Waals surface area contributed by atoms with E-state index in [4.69, 9.17) is 5.73 Å². The third-order valence-corrected chi connectivity index (χ3v) is 3.17. The van der Waals surface area contributed by atoms with E-state index in [1.807, 2.05) is 6.07 Å². The molecule has 98 valence electrons. The highest BCUT2D eigenvalue weighted by Gasteiger charge is 2.26. The molecule has 18 heavy (non-hydrogen) atoms. The molecule has 4 nitrogen and oxygen atoms in total. The Morgan fingerprint density at radius 3 is 2.50 bits per heavy atom. The number of rotatable bonds is 2. The summed E-state index contributed by atoms with van der Waals surface area (Å²) >= 11 is 0. The third kappa shape index (κ3) is 2.12. The molecule has 1 unspecified atom stereocenters. The lowest BCUT2D eigenvalue weighted by atomic mass is 10.0. The standard InChI is InChI=1S/C14H22N4/c1-9(2)12(15)13-17-10-8-16-7-6-11(10)18(13)14(3,4)5/h6-9,12H,15H2,1-5H3. The van der Waals surface area contributed by atoms with Crippen LogP contribution in [0.2, 0.25) is 0 Å². The number of hydrogen-bond donors (Lipinski definition) is 1. The first-order valence-corrected chi connectivity index (χ1v) is 6.41. The Labute approximate surface area is 108 Å². The molecule has 2 rings (SSSR count). The average Bonchev–Trinajstić information content (AvgIpc) is 2.66. The Bertz CT molecular complexity index is 548. The first kappa shape index (κ1) is 13.0. The van der Waals surface area contributed by atoms with E-state index in [0.29, 0.717) is 5.92 Å². The summed E-state index contributed by atoms with van der Waals surface area (Å²) in [6.07, 6.45) is 3.60. The molecule has 0 fully saturated rings. The molecule has 0 radical (unpaired) electrons. The molecule has 2 heterocycles. The first-order valence-electron chi connectivity index (χ1n) is 6.41. The summed E-state index contributed by atoms with van der Waals surface area (Å²) in [7, 11) is 0. The zero-order chi connectivity index (χ0) is 13.5. The van der Waals surface area contributed by atoms with Crippen molar-refractivity contribution in [3.63, 3.8) is 0 Å². The minimum atomic E-state index is -0.0587. The van der Waals surface area contributed by atoms with Crippen LogP contribution in [-0.2, 0) is 5.54 Å². The molecule has 0 aliphatic heterocycles. The van der Waals surface area contributed by atoms with Crippen molar-refractivity contribution in [2.75, 3.05) is 0 Å². The van der Waals surface area contributed by atoms with Crippen LogP contribution in [-0.4, -0.2) is 14.5 Å². The molecule has 2 N–H and O–H groups in total. The Morgan fingerprint density at radius 1 is 1.28 bits per heavy atom. The molecule has 2 aromatic heterocycles. The van der Waals surface area contributed by atoms with Gasteiger partial charge >= 0.3 is 0 Å². The van der Waals surface area contributed by atoms with E-state index >= 15 is 0 Å². The van der Waals surface area contributed by atoms with E-state index in [9.17, 15) is 0 Å². The number of nitrogens with zero attached hydrogens (tertiary/aromatic N) is 3. The van der Waals surface area contributed by atoms with Gasteiger partial charge in [-0.15, -0.1) is 0 Å². The molecule has 1 atom stereocenters. The zero-order valence-corrected chi connectivity index (χ0v) is 11.8. The molecular weight excluding hydrogens is 224 g/mol. The van der Waals surface area contributed by atoms with Crippen molar-refractivity contribution in [1.29, 1.82) is 0 Å². The Hall–Kier alpha value is -1.42. The number of aromatic nitrogens is 3. The van der Waals surface area contributed by atoms with Gasteiger partial charge in [-0.3, -0.25) is 4.98 Å². The SMILES string of the molecule is CC(C)C(N)c1nc2cnccc2n1C(C)(C)C. The molecule has 0 amide bonds. The summed E-state index contributed by atoms with van der Waals surface area (Å²) in [4.78, 5) is 8.81. The van der Waals surface area contributed by atoms with E-state index in [1.165, 1.54) is 0 Å². The summed E-state index contributed by atoms with van der Waals surface area (Å²) < 4.78 is 2.23. The molecule has 0 saturated carbocycles. The highest BCUT2D eigenvalue weighted by Crippen LogP contribution is 2.29. The molecule has 0 aromatic carbocycles. The summed E-state index contributed by atoms with van der Waals surface area (Å²) in [5.41, 5.74) is 8.27. The summed E-state index contributed by atoms with van der Waals surface area (Å²) in [5.74, 6) is 1.30. The lowest BCUT2D eigenvalue weighted by Gasteiger charge is -2.27.